The SMILES string of the molecule is CC(=NC(C)C)[N-]C(C)C(F)(F)F.[Zn]. The number of amidine groups is 1. The normalized spacial score (nSPS) is 15.0. The smallest absolute Gasteiger partial charge is 0.390 e. The number of aliphatic imine (C=N–C) groups is 1. The van der Waals surface area contributed by atoms with Gasteiger partial charge in [0.05, 0.1) is 6.04 Å². The largest absolute Gasteiger partial charge is 0.467 e. The van der Waals surface area contributed by atoms with Crippen LogP contribution in [0.15, 0.2) is 4.99 Å². The first-order valence-corrected chi connectivity index (χ1v) is 4.05. The Labute approximate surface area is 95.1 Å². The van der Waals surface area contributed by atoms with E-state index in [1.54, 1.807) is 13.8 Å². The van der Waals surface area contributed by atoms with Crippen molar-refractivity contribution in [3.8, 4) is 0 Å². The van der Waals surface area contributed by atoms with Crippen LogP contribution in [-0.4, -0.2) is 24.1 Å². The minimum atomic E-state index is -4.27. The summed E-state index contributed by atoms with van der Waals surface area (Å²) in [6, 6.07) is -1.70. The van der Waals surface area contributed by atoms with E-state index in [4.69, 9.17) is 0 Å². The second-order valence-electron chi connectivity index (χ2n) is 3.12. The molecule has 0 aliphatic rings. The molecular formula is C8H14F3N2Zn-. The Kier molecular flexibility index (Phi) is 7.44. The summed E-state index contributed by atoms with van der Waals surface area (Å²) in [6.07, 6.45) is -4.27. The Morgan fingerprint density at radius 3 is 1.93 bits per heavy atom. The summed E-state index contributed by atoms with van der Waals surface area (Å²) in [5.41, 5.74) is 0. The fourth-order valence-corrected chi connectivity index (χ4v) is 0.760. The van der Waals surface area contributed by atoms with Crippen molar-refractivity contribution in [2.45, 2.75) is 46.0 Å². The van der Waals surface area contributed by atoms with Gasteiger partial charge in [-0.25, -0.2) is 0 Å². The van der Waals surface area contributed by atoms with Crippen molar-refractivity contribution in [2.75, 3.05) is 0 Å². The molecule has 0 bridgehead atoms. The zero-order chi connectivity index (χ0) is 10.6. The third-order valence-electron chi connectivity index (χ3n) is 1.30. The van der Waals surface area contributed by atoms with E-state index in [9.17, 15) is 13.2 Å². The van der Waals surface area contributed by atoms with Crippen LogP contribution < -0.4 is 0 Å². The van der Waals surface area contributed by atoms with Gasteiger partial charge in [0.25, 0.3) is 0 Å². The van der Waals surface area contributed by atoms with E-state index in [-0.39, 0.29) is 31.4 Å². The average molecular weight is 261 g/mol. The van der Waals surface area contributed by atoms with Crippen LogP contribution in [0.4, 0.5) is 13.2 Å². The maximum absolute atomic E-state index is 12.0. The monoisotopic (exact) mass is 259 g/mol. The van der Waals surface area contributed by atoms with E-state index >= 15 is 0 Å². The van der Waals surface area contributed by atoms with Crippen LogP contribution in [0.1, 0.15) is 27.7 Å². The van der Waals surface area contributed by atoms with Gasteiger partial charge < -0.3 is 10.3 Å². The van der Waals surface area contributed by atoms with E-state index in [0.29, 0.717) is 0 Å². The minimum Gasteiger partial charge on any atom is -0.467 e. The summed E-state index contributed by atoms with van der Waals surface area (Å²) >= 11 is 0. The van der Waals surface area contributed by atoms with Crippen molar-refractivity contribution < 1.29 is 32.6 Å². The molecule has 0 radical (unpaired) electrons. The van der Waals surface area contributed by atoms with Crippen LogP contribution in [0.2, 0.25) is 0 Å². The first-order chi connectivity index (χ1) is 5.73. The topological polar surface area (TPSA) is 26.5 Å². The van der Waals surface area contributed by atoms with Gasteiger partial charge in [0.1, 0.15) is 0 Å². The molecule has 0 spiro atoms. The molecule has 0 rings (SSSR count). The third-order valence-corrected chi connectivity index (χ3v) is 1.30. The zero-order valence-corrected chi connectivity index (χ0v) is 11.9. The van der Waals surface area contributed by atoms with Crippen molar-refractivity contribution in [3.05, 3.63) is 5.32 Å². The Hall–Kier alpha value is -0.117. The van der Waals surface area contributed by atoms with E-state index in [2.05, 4.69) is 10.3 Å². The molecule has 14 heavy (non-hydrogen) atoms. The summed E-state index contributed by atoms with van der Waals surface area (Å²) in [5.74, 6) is 0.194. The molecule has 6 heteroatoms. The number of halogens is 3. The average Bonchev–Trinajstić information content (AvgIpc) is 1.82. The Bertz CT molecular complexity index is 190. The van der Waals surface area contributed by atoms with Crippen LogP contribution in [0, 0.1) is 0 Å². The van der Waals surface area contributed by atoms with Gasteiger partial charge in [0.15, 0.2) is 0 Å². The first-order valence-electron chi connectivity index (χ1n) is 4.05. The van der Waals surface area contributed by atoms with Gasteiger partial charge in [0, 0.05) is 19.5 Å². The zero-order valence-electron chi connectivity index (χ0n) is 8.89. The van der Waals surface area contributed by atoms with Gasteiger partial charge >= 0.3 is 6.18 Å². The maximum atomic E-state index is 12.0. The molecule has 0 heterocycles. The van der Waals surface area contributed by atoms with Crippen LogP contribution in [0.25, 0.3) is 5.32 Å². The van der Waals surface area contributed by atoms with Crippen LogP contribution >= 0.6 is 0 Å². The molecule has 0 saturated heterocycles. The summed E-state index contributed by atoms with van der Waals surface area (Å²) in [7, 11) is 0. The Morgan fingerprint density at radius 2 is 1.64 bits per heavy atom. The van der Waals surface area contributed by atoms with Gasteiger partial charge in [-0.2, -0.15) is 13.2 Å². The summed E-state index contributed by atoms with van der Waals surface area (Å²) < 4.78 is 36.0. The fourth-order valence-electron chi connectivity index (χ4n) is 0.760. The third kappa shape index (κ3) is 7.30. The van der Waals surface area contributed by atoms with Crippen molar-refractivity contribution in [2.24, 2.45) is 4.99 Å². The number of alkyl halides is 3. The molecule has 0 aromatic heterocycles. The van der Waals surface area contributed by atoms with E-state index in [1.165, 1.54) is 6.92 Å². The molecule has 1 unspecified atom stereocenters. The van der Waals surface area contributed by atoms with Gasteiger partial charge in [-0.1, -0.05) is 26.6 Å². The van der Waals surface area contributed by atoms with Crippen molar-refractivity contribution >= 4 is 5.84 Å². The van der Waals surface area contributed by atoms with Gasteiger partial charge in [0.2, 0.25) is 0 Å². The van der Waals surface area contributed by atoms with Crippen molar-refractivity contribution in [1.82, 2.24) is 0 Å². The number of rotatable bonds is 2. The Balaban J connectivity index is 0. The Morgan fingerprint density at radius 1 is 1.21 bits per heavy atom. The number of hydrogen-bond donors (Lipinski definition) is 0. The quantitative estimate of drug-likeness (QED) is 0.414. The summed E-state index contributed by atoms with van der Waals surface area (Å²) in [5, 5.41) is 3.41. The summed E-state index contributed by atoms with van der Waals surface area (Å²) in [6.45, 7) is 6.07. The van der Waals surface area contributed by atoms with Crippen LogP contribution in [-0.2, 0) is 19.5 Å². The second-order valence-corrected chi connectivity index (χ2v) is 3.12. The van der Waals surface area contributed by atoms with E-state index in [0.717, 1.165) is 6.92 Å². The van der Waals surface area contributed by atoms with Crippen molar-refractivity contribution in [3.63, 3.8) is 0 Å². The molecule has 0 aromatic rings. The fraction of sp³-hybridized carbons (Fsp3) is 0.875. The molecular weight excluding hydrogens is 246 g/mol. The van der Waals surface area contributed by atoms with Crippen LogP contribution in [0.5, 0.6) is 0 Å². The van der Waals surface area contributed by atoms with Gasteiger partial charge in [-0.05, 0) is 13.0 Å². The van der Waals surface area contributed by atoms with Crippen molar-refractivity contribution in [1.29, 1.82) is 0 Å². The van der Waals surface area contributed by atoms with E-state index in [1.807, 2.05) is 0 Å². The predicted molar refractivity (Wildman–Crippen MR) is 47.1 cm³/mol. The molecule has 0 N–H and O–H groups in total. The molecule has 2 nitrogen and oxygen atoms in total. The second kappa shape index (κ2) is 6.38. The first kappa shape index (κ1) is 16.3. The molecule has 80 valence electrons. The molecule has 0 amide bonds. The molecule has 0 aromatic carbocycles. The number of hydrogen-bond acceptors (Lipinski definition) is 1. The summed E-state index contributed by atoms with van der Waals surface area (Å²) in [4.78, 5) is 3.88. The van der Waals surface area contributed by atoms with Gasteiger partial charge in [-0.15, -0.1) is 0 Å². The predicted octanol–water partition coefficient (Wildman–Crippen LogP) is 3.14. The standard InChI is InChI=1S/C8H14F3N2.Zn/c1-5(2)12-7(4)13-6(3)8(9,10)11;/h5-6H,1-4H3;/q-1;. The van der Waals surface area contributed by atoms with Crippen LogP contribution in [0.3, 0.4) is 0 Å². The minimum absolute atomic E-state index is 0. The molecule has 1 atom stereocenters. The molecule has 0 saturated carbocycles. The molecule has 0 fully saturated rings. The maximum Gasteiger partial charge on any atom is 0.390 e. The molecule has 0 aliphatic carbocycles. The molecule has 0 aliphatic heterocycles. The number of nitrogens with zero attached hydrogens (tertiary/aromatic N) is 2. The van der Waals surface area contributed by atoms with E-state index < -0.39 is 12.2 Å². The van der Waals surface area contributed by atoms with Gasteiger partial charge in [-0.3, -0.25) is 0 Å².